The third kappa shape index (κ3) is 3.24. The van der Waals surface area contributed by atoms with Gasteiger partial charge < -0.3 is 5.32 Å². The minimum absolute atomic E-state index is 0.125. The van der Waals surface area contributed by atoms with Gasteiger partial charge in [0.1, 0.15) is 6.54 Å². The third-order valence-corrected chi connectivity index (χ3v) is 4.53. The fourth-order valence-electron chi connectivity index (χ4n) is 3.20. The summed E-state index contributed by atoms with van der Waals surface area (Å²) in [6.07, 6.45) is 0. The van der Waals surface area contributed by atoms with Crippen molar-refractivity contribution in [2.24, 2.45) is 7.05 Å². The second kappa shape index (κ2) is 6.74. The maximum Gasteiger partial charge on any atom is 0.278 e. The van der Waals surface area contributed by atoms with E-state index in [-0.39, 0.29) is 24.1 Å². The van der Waals surface area contributed by atoms with Crippen molar-refractivity contribution in [1.82, 2.24) is 24.9 Å². The Labute approximate surface area is 151 Å². The molecule has 0 saturated heterocycles. The molecule has 0 spiro atoms. The normalized spacial score (nSPS) is 12.3. The van der Waals surface area contributed by atoms with Crippen LogP contribution in [0, 0.1) is 20.8 Å². The predicted octanol–water partition coefficient (Wildman–Crippen LogP) is 1.93. The SMILES string of the molecule is Cc1ccc(C(C)NC(=O)Cn2nc(C)c3c(c(C)nn3C)c2=O)cc1. The van der Waals surface area contributed by atoms with Gasteiger partial charge in [0.2, 0.25) is 5.91 Å². The van der Waals surface area contributed by atoms with Crippen molar-refractivity contribution in [3.8, 4) is 0 Å². The van der Waals surface area contributed by atoms with Gasteiger partial charge in [0, 0.05) is 7.05 Å². The van der Waals surface area contributed by atoms with Crippen molar-refractivity contribution in [3.63, 3.8) is 0 Å². The molecule has 7 heteroatoms. The van der Waals surface area contributed by atoms with Crippen molar-refractivity contribution in [2.75, 3.05) is 0 Å². The van der Waals surface area contributed by atoms with Crippen LogP contribution in [0.5, 0.6) is 0 Å². The highest BCUT2D eigenvalue weighted by molar-refractivity contribution is 5.83. The number of aryl methyl sites for hydroxylation is 4. The fraction of sp³-hybridized carbons (Fsp3) is 0.368. The lowest BCUT2D eigenvalue weighted by Crippen LogP contribution is -2.35. The minimum atomic E-state index is -0.297. The van der Waals surface area contributed by atoms with Crippen LogP contribution in [0.4, 0.5) is 0 Å². The molecule has 26 heavy (non-hydrogen) atoms. The van der Waals surface area contributed by atoms with Crippen molar-refractivity contribution >= 4 is 16.8 Å². The monoisotopic (exact) mass is 353 g/mol. The number of nitrogens with zero attached hydrogens (tertiary/aromatic N) is 4. The molecule has 0 aliphatic rings. The summed E-state index contributed by atoms with van der Waals surface area (Å²) in [6.45, 7) is 7.40. The van der Waals surface area contributed by atoms with Crippen LogP contribution in [0.1, 0.15) is 35.5 Å². The summed E-state index contributed by atoms with van der Waals surface area (Å²) in [7, 11) is 1.78. The van der Waals surface area contributed by atoms with Crippen LogP contribution in [-0.2, 0) is 18.4 Å². The van der Waals surface area contributed by atoms with E-state index in [1.807, 2.05) is 45.0 Å². The molecule has 0 saturated carbocycles. The Hall–Kier alpha value is -2.96. The summed E-state index contributed by atoms with van der Waals surface area (Å²) < 4.78 is 2.86. The Bertz CT molecular complexity index is 1030. The number of aromatic nitrogens is 4. The first-order valence-electron chi connectivity index (χ1n) is 8.55. The zero-order valence-electron chi connectivity index (χ0n) is 15.7. The molecule has 1 atom stereocenters. The second-order valence-electron chi connectivity index (χ2n) is 6.68. The van der Waals surface area contributed by atoms with Gasteiger partial charge in [-0.05, 0) is 33.3 Å². The van der Waals surface area contributed by atoms with Crippen LogP contribution in [-0.4, -0.2) is 25.5 Å². The van der Waals surface area contributed by atoms with Gasteiger partial charge in [-0.15, -0.1) is 0 Å². The standard InChI is InChI=1S/C19H23N5O2/c1-11-6-8-15(9-7-11)12(2)20-16(25)10-24-19(26)17-13(3)21-23(5)18(17)14(4)22-24/h6-9,12H,10H2,1-5H3,(H,20,25). The summed E-state index contributed by atoms with van der Waals surface area (Å²) in [4.78, 5) is 25.1. The first-order valence-corrected chi connectivity index (χ1v) is 8.55. The van der Waals surface area contributed by atoms with Crippen molar-refractivity contribution in [1.29, 1.82) is 0 Å². The van der Waals surface area contributed by atoms with Gasteiger partial charge in [0.05, 0.1) is 28.3 Å². The Morgan fingerprint density at radius 3 is 2.42 bits per heavy atom. The Morgan fingerprint density at radius 2 is 1.77 bits per heavy atom. The highest BCUT2D eigenvalue weighted by Crippen LogP contribution is 2.16. The first-order chi connectivity index (χ1) is 12.3. The number of carbonyl (C=O) groups is 1. The van der Waals surface area contributed by atoms with Gasteiger partial charge in [-0.3, -0.25) is 14.3 Å². The van der Waals surface area contributed by atoms with Gasteiger partial charge in [0.25, 0.3) is 5.56 Å². The van der Waals surface area contributed by atoms with E-state index in [0.717, 1.165) is 5.56 Å². The zero-order chi connectivity index (χ0) is 19.0. The molecular formula is C19H23N5O2. The molecule has 0 fully saturated rings. The van der Waals surface area contributed by atoms with Crippen LogP contribution in [0.15, 0.2) is 29.1 Å². The molecule has 3 rings (SSSR count). The van der Waals surface area contributed by atoms with Crippen LogP contribution >= 0.6 is 0 Å². The van der Waals surface area contributed by atoms with E-state index in [0.29, 0.717) is 22.3 Å². The number of rotatable bonds is 4. The highest BCUT2D eigenvalue weighted by atomic mass is 16.2. The van der Waals surface area contributed by atoms with Crippen LogP contribution in [0.3, 0.4) is 0 Å². The van der Waals surface area contributed by atoms with Crippen molar-refractivity contribution in [3.05, 3.63) is 57.1 Å². The van der Waals surface area contributed by atoms with E-state index in [9.17, 15) is 9.59 Å². The largest absolute Gasteiger partial charge is 0.348 e. The number of fused-ring (bicyclic) bond motifs is 1. The van der Waals surface area contributed by atoms with E-state index in [1.54, 1.807) is 18.7 Å². The predicted molar refractivity (Wildman–Crippen MR) is 100.0 cm³/mol. The quantitative estimate of drug-likeness (QED) is 0.777. The molecule has 0 aliphatic heterocycles. The Kier molecular flexibility index (Phi) is 4.63. The summed E-state index contributed by atoms with van der Waals surface area (Å²) in [5.74, 6) is -0.257. The van der Waals surface area contributed by atoms with Gasteiger partial charge in [0.15, 0.2) is 0 Å². The van der Waals surface area contributed by atoms with E-state index < -0.39 is 0 Å². The van der Waals surface area contributed by atoms with E-state index in [2.05, 4.69) is 15.5 Å². The third-order valence-electron chi connectivity index (χ3n) is 4.53. The molecule has 1 aromatic carbocycles. The number of benzene rings is 1. The molecule has 1 amide bonds. The van der Waals surface area contributed by atoms with Gasteiger partial charge in [-0.2, -0.15) is 10.2 Å². The fourth-order valence-corrected chi connectivity index (χ4v) is 3.20. The summed E-state index contributed by atoms with van der Waals surface area (Å²) in [6, 6.07) is 7.84. The highest BCUT2D eigenvalue weighted by Gasteiger charge is 2.17. The summed E-state index contributed by atoms with van der Waals surface area (Å²) in [5.41, 5.74) is 3.89. The molecule has 2 aromatic heterocycles. The van der Waals surface area contributed by atoms with E-state index in [4.69, 9.17) is 0 Å². The van der Waals surface area contributed by atoms with Crippen LogP contribution in [0.2, 0.25) is 0 Å². The minimum Gasteiger partial charge on any atom is -0.348 e. The maximum absolute atomic E-state index is 12.7. The van der Waals surface area contributed by atoms with Crippen molar-refractivity contribution in [2.45, 2.75) is 40.3 Å². The lowest BCUT2D eigenvalue weighted by atomic mass is 10.1. The Balaban J connectivity index is 1.83. The smallest absolute Gasteiger partial charge is 0.278 e. The molecule has 3 aromatic rings. The first kappa shape index (κ1) is 17.8. The molecule has 136 valence electrons. The van der Waals surface area contributed by atoms with E-state index in [1.165, 1.54) is 10.2 Å². The number of amides is 1. The average molecular weight is 353 g/mol. The maximum atomic E-state index is 12.7. The molecule has 0 aliphatic carbocycles. The molecule has 2 heterocycles. The molecule has 1 unspecified atom stereocenters. The summed E-state index contributed by atoms with van der Waals surface area (Å²) >= 11 is 0. The van der Waals surface area contributed by atoms with Gasteiger partial charge >= 0.3 is 0 Å². The number of hydrogen-bond acceptors (Lipinski definition) is 4. The molecule has 0 radical (unpaired) electrons. The lowest BCUT2D eigenvalue weighted by Gasteiger charge is -2.15. The Morgan fingerprint density at radius 1 is 1.12 bits per heavy atom. The molecule has 7 nitrogen and oxygen atoms in total. The number of nitrogens with one attached hydrogen (secondary N) is 1. The zero-order valence-corrected chi connectivity index (χ0v) is 15.7. The second-order valence-corrected chi connectivity index (χ2v) is 6.68. The molecular weight excluding hydrogens is 330 g/mol. The van der Waals surface area contributed by atoms with Crippen LogP contribution < -0.4 is 10.9 Å². The summed E-state index contributed by atoms with van der Waals surface area (Å²) in [5, 5.41) is 12.0. The lowest BCUT2D eigenvalue weighted by molar-refractivity contribution is -0.122. The van der Waals surface area contributed by atoms with Gasteiger partial charge in [-0.25, -0.2) is 4.68 Å². The van der Waals surface area contributed by atoms with Crippen LogP contribution in [0.25, 0.3) is 10.9 Å². The molecule has 0 bridgehead atoms. The average Bonchev–Trinajstić information content (AvgIpc) is 2.87. The van der Waals surface area contributed by atoms with Crippen molar-refractivity contribution < 1.29 is 4.79 Å². The van der Waals surface area contributed by atoms with E-state index >= 15 is 0 Å². The van der Waals surface area contributed by atoms with Gasteiger partial charge in [-0.1, -0.05) is 29.8 Å². The molecule has 1 N–H and O–H groups in total. The number of hydrogen-bond donors (Lipinski definition) is 1. The number of carbonyl (C=O) groups excluding carboxylic acids is 1. The topological polar surface area (TPSA) is 81.8 Å².